The molecule has 2 unspecified atom stereocenters. The molecule has 3 N–H and O–H groups in total. The third-order valence-corrected chi connectivity index (χ3v) is 4.30. The highest BCUT2D eigenvalue weighted by Crippen LogP contribution is 2.40. The monoisotopic (exact) mass is 274 g/mol. The van der Waals surface area contributed by atoms with Crippen molar-refractivity contribution in [2.24, 2.45) is 0 Å². The van der Waals surface area contributed by atoms with E-state index < -0.39 is 0 Å². The highest BCUT2D eigenvalue weighted by atomic mass is 35.5. The van der Waals surface area contributed by atoms with Gasteiger partial charge in [-0.3, -0.25) is 5.32 Å². The van der Waals surface area contributed by atoms with Crippen LogP contribution in [0.4, 0.5) is 9.93 Å². The second-order valence-corrected chi connectivity index (χ2v) is 5.26. The first kappa shape index (κ1) is 12.6. The Morgan fingerprint density at radius 2 is 2.35 bits per heavy atom. The summed E-state index contributed by atoms with van der Waals surface area (Å²) in [5.74, 6) is 0. The molecule has 3 heterocycles. The molecular formula is C10H15ClN4OS. The summed E-state index contributed by atoms with van der Waals surface area (Å²) < 4.78 is 0. The Hall–Kier alpha value is -0.850. The van der Waals surface area contributed by atoms with Crippen LogP contribution >= 0.6 is 23.7 Å². The second-order valence-electron chi connectivity index (χ2n) is 4.23. The summed E-state index contributed by atoms with van der Waals surface area (Å²) in [6, 6.07) is 0.850. The van der Waals surface area contributed by atoms with Crippen LogP contribution in [0.3, 0.4) is 0 Å². The largest absolute Gasteiger partial charge is 0.341 e. The molecule has 1 aromatic rings. The van der Waals surface area contributed by atoms with Crippen LogP contribution in [-0.4, -0.2) is 24.1 Å². The predicted molar refractivity (Wildman–Crippen MR) is 70.0 cm³/mol. The number of fused-ring (bicyclic) bond motifs is 4. The lowest BCUT2D eigenvalue weighted by atomic mass is 10.1. The predicted octanol–water partition coefficient (Wildman–Crippen LogP) is 1.67. The van der Waals surface area contributed by atoms with Gasteiger partial charge in [-0.25, -0.2) is 9.78 Å². The van der Waals surface area contributed by atoms with Gasteiger partial charge >= 0.3 is 6.03 Å². The quantitative estimate of drug-likeness (QED) is 0.730. The minimum Gasteiger partial charge on any atom is -0.341 e. The van der Waals surface area contributed by atoms with Gasteiger partial charge in [-0.2, -0.15) is 0 Å². The summed E-state index contributed by atoms with van der Waals surface area (Å²) >= 11 is 1.59. The van der Waals surface area contributed by atoms with Gasteiger partial charge in [-0.1, -0.05) is 11.3 Å². The number of carbonyl (C=O) groups excluding carboxylic acids is 1. The fraction of sp³-hybridized carbons (Fsp3) is 0.600. The van der Waals surface area contributed by atoms with Gasteiger partial charge in [-0.15, -0.1) is 12.4 Å². The van der Waals surface area contributed by atoms with Crippen molar-refractivity contribution in [2.75, 3.05) is 12.4 Å². The lowest BCUT2D eigenvalue weighted by molar-refractivity contribution is 0.254. The molecular weight excluding hydrogens is 260 g/mol. The standard InChI is InChI=1S/C10H14N4OS.ClH/c1-11-9(15)14-10-13-7-4-5-2-3-6(12-5)8(7)16-10;/h5-6,12H,2-4H2,1H3,(H2,11,13,14,15);1H. The Morgan fingerprint density at radius 1 is 1.53 bits per heavy atom. The molecule has 2 amide bonds. The first-order chi connectivity index (χ1) is 7.76. The molecule has 1 fully saturated rings. The average Bonchev–Trinajstić information content (AvgIpc) is 2.84. The maximum absolute atomic E-state index is 11.2. The van der Waals surface area contributed by atoms with Crippen LogP contribution in [-0.2, 0) is 6.42 Å². The molecule has 1 aromatic heterocycles. The van der Waals surface area contributed by atoms with E-state index in [2.05, 4.69) is 20.9 Å². The molecule has 0 aromatic carbocycles. The molecule has 5 nitrogen and oxygen atoms in total. The first-order valence-electron chi connectivity index (χ1n) is 5.50. The maximum Gasteiger partial charge on any atom is 0.320 e. The third kappa shape index (κ3) is 2.25. The van der Waals surface area contributed by atoms with Crippen LogP contribution in [0.5, 0.6) is 0 Å². The topological polar surface area (TPSA) is 66.0 Å². The summed E-state index contributed by atoms with van der Waals surface area (Å²) in [6.45, 7) is 0. The Bertz CT molecular complexity index is 436. The molecule has 0 spiro atoms. The van der Waals surface area contributed by atoms with E-state index >= 15 is 0 Å². The Kier molecular flexibility index (Phi) is 3.56. The Labute approximate surface area is 110 Å². The van der Waals surface area contributed by atoms with Gasteiger partial charge in [0.05, 0.1) is 5.69 Å². The van der Waals surface area contributed by atoms with Crippen LogP contribution in [0.1, 0.15) is 29.5 Å². The number of nitrogens with zero attached hydrogens (tertiary/aromatic N) is 1. The zero-order chi connectivity index (χ0) is 11.1. The Balaban J connectivity index is 0.00000108. The zero-order valence-corrected chi connectivity index (χ0v) is 11.1. The highest BCUT2D eigenvalue weighted by molar-refractivity contribution is 7.16. The van der Waals surface area contributed by atoms with Crippen molar-refractivity contribution >= 4 is 34.9 Å². The van der Waals surface area contributed by atoms with E-state index in [1.54, 1.807) is 18.4 Å². The lowest BCUT2D eigenvalue weighted by Gasteiger charge is -2.19. The number of halogens is 1. The van der Waals surface area contributed by atoms with Crippen molar-refractivity contribution in [3.05, 3.63) is 10.6 Å². The van der Waals surface area contributed by atoms with E-state index in [-0.39, 0.29) is 18.4 Å². The highest BCUT2D eigenvalue weighted by Gasteiger charge is 2.34. The van der Waals surface area contributed by atoms with Crippen molar-refractivity contribution in [3.8, 4) is 0 Å². The third-order valence-electron chi connectivity index (χ3n) is 3.17. The van der Waals surface area contributed by atoms with Crippen LogP contribution in [0.25, 0.3) is 0 Å². The van der Waals surface area contributed by atoms with E-state index in [0.717, 1.165) is 6.42 Å². The van der Waals surface area contributed by atoms with Crippen molar-refractivity contribution < 1.29 is 4.79 Å². The number of hydrogen-bond acceptors (Lipinski definition) is 4. The van der Waals surface area contributed by atoms with Gasteiger partial charge < -0.3 is 10.6 Å². The zero-order valence-electron chi connectivity index (χ0n) is 9.45. The van der Waals surface area contributed by atoms with E-state index in [9.17, 15) is 4.79 Å². The van der Waals surface area contributed by atoms with Gasteiger partial charge in [0.15, 0.2) is 5.13 Å². The van der Waals surface area contributed by atoms with Crippen molar-refractivity contribution in [1.29, 1.82) is 0 Å². The SMILES string of the molecule is CNC(=O)Nc1nc2c(s1)C1CCC(C2)N1.Cl. The number of amides is 2. The molecule has 3 rings (SSSR count). The van der Waals surface area contributed by atoms with Crippen LogP contribution in [0, 0.1) is 0 Å². The molecule has 7 heteroatoms. The number of rotatable bonds is 1. The minimum absolute atomic E-state index is 0. The second kappa shape index (κ2) is 4.80. The van der Waals surface area contributed by atoms with Gasteiger partial charge in [0.2, 0.25) is 0 Å². The van der Waals surface area contributed by atoms with Crippen molar-refractivity contribution in [1.82, 2.24) is 15.6 Å². The number of anilines is 1. The molecule has 0 aliphatic carbocycles. The number of hydrogen-bond donors (Lipinski definition) is 3. The summed E-state index contributed by atoms with van der Waals surface area (Å²) in [6.07, 6.45) is 3.43. The maximum atomic E-state index is 11.2. The van der Waals surface area contributed by atoms with Crippen LogP contribution in [0.2, 0.25) is 0 Å². The number of thiazole rings is 1. The fourth-order valence-corrected chi connectivity index (χ4v) is 3.50. The number of aromatic nitrogens is 1. The van der Waals surface area contributed by atoms with Gasteiger partial charge in [0.1, 0.15) is 0 Å². The Morgan fingerprint density at radius 3 is 3.12 bits per heavy atom. The molecule has 1 saturated heterocycles. The lowest BCUT2D eigenvalue weighted by Crippen LogP contribution is -2.31. The van der Waals surface area contributed by atoms with Crippen molar-refractivity contribution in [3.63, 3.8) is 0 Å². The number of carbonyl (C=O) groups is 1. The molecule has 94 valence electrons. The molecule has 2 aliphatic rings. The molecule has 2 bridgehead atoms. The summed E-state index contributed by atoms with van der Waals surface area (Å²) in [5, 5.41) is 9.54. The normalized spacial score (nSPS) is 24.8. The summed E-state index contributed by atoms with van der Waals surface area (Å²) in [5.41, 5.74) is 1.17. The van der Waals surface area contributed by atoms with Crippen molar-refractivity contribution in [2.45, 2.75) is 31.3 Å². The first-order valence-corrected chi connectivity index (χ1v) is 6.32. The minimum atomic E-state index is -0.204. The summed E-state index contributed by atoms with van der Waals surface area (Å²) in [4.78, 5) is 17.0. The number of nitrogens with one attached hydrogen (secondary N) is 3. The van der Waals surface area contributed by atoms with Gasteiger partial charge in [-0.05, 0) is 12.8 Å². The fourth-order valence-electron chi connectivity index (χ4n) is 2.42. The van der Waals surface area contributed by atoms with Crippen LogP contribution in [0.15, 0.2) is 0 Å². The number of urea groups is 1. The molecule has 2 aliphatic heterocycles. The van der Waals surface area contributed by atoms with E-state index in [4.69, 9.17) is 0 Å². The van der Waals surface area contributed by atoms with E-state index in [1.165, 1.54) is 23.4 Å². The summed E-state index contributed by atoms with van der Waals surface area (Å²) in [7, 11) is 1.60. The smallest absolute Gasteiger partial charge is 0.320 e. The average molecular weight is 275 g/mol. The van der Waals surface area contributed by atoms with Gasteiger partial charge in [0.25, 0.3) is 0 Å². The van der Waals surface area contributed by atoms with E-state index in [0.29, 0.717) is 17.2 Å². The molecule has 0 radical (unpaired) electrons. The molecule has 17 heavy (non-hydrogen) atoms. The van der Waals surface area contributed by atoms with Crippen LogP contribution < -0.4 is 16.0 Å². The van der Waals surface area contributed by atoms with Gasteiger partial charge in [0, 0.05) is 30.4 Å². The molecule has 2 atom stereocenters. The molecule has 0 saturated carbocycles. The van der Waals surface area contributed by atoms with E-state index in [1.807, 2.05) is 0 Å².